The van der Waals surface area contributed by atoms with Gasteiger partial charge in [-0.05, 0) is 19.9 Å². The van der Waals surface area contributed by atoms with Crippen molar-refractivity contribution >= 4 is 11.3 Å². The van der Waals surface area contributed by atoms with Crippen LogP contribution in [-0.4, -0.2) is 57.5 Å². The van der Waals surface area contributed by atoms with Gasteiger partial charge in [0.25, 0.3) is 0 Å². The lowest BCUT2D eigenvalue weighted by Crippen LogP contribution is -2.54. The molecule has 4 heterocycles. The molecule has 0 spiro atoms. The predicted molar refractivity (Wildman–Crippen MR) is 98.0 cm³/mol. The van der Waals surface area contributed by atoms with Gasteiger partial charge in [0, 0.05) is 37.6 Å². The number of hydrogen-bond acceptors (Lipinski definition) is 7. The molecule has 0 radical (unpaired) electrons. The summed E-state index contributed by atoms with van der Waals surface area (Å²) < 4.78 is 26.3. The van der Waals surface area contributed by atoms with Gasteiger partial charge in [0.1, 0.15) is 11.4 Å². The van der Waals surface area contributed by atoms with E-state index in [0.717, 1.165) is 11.3 Å². The maximum Gasteiger partial charge on any atom is 0.319 e. The number of aromatic nitrogens is 5. The van der Waals surface area contributed by atoms with Gasteiger partial charge >= 0.3 is 6.01 Å². The van der Waals surface area contributed by atoms with Crippen molar-refractivity contribution in [1.82, 2.24) is 24.6 Å². The van der Waals surface area contributed by atoms with Crippen molar-refractivity contribution in [2.45, 2.75) is 19.5 Å². The van der Waals surface area contributed by atoms with E-state index < -0.39 is 5.67 Å². The van der Waals surface area contributed by atoms with Crippen LogP contribution in [0.15, 0.2) is 24.7 Å². The van der Waals surface area contributed by atoms with E-state index in [1.807, 2.05) is 6.07 Å². The molecule has 0 amide bonds. The molecular weight excluding hydrogens is 351 g/mol. The Balaban J connectivity index is 1.76. The topological polar surface area (TPSA) is 77.7 Å². The van der Waals surface area contributed by atoms with Crippen LogP contribution in [0.5, 0.6) is 11.9 Å². The van der Waals surface area contributed by atoms with Gasteiger partial charge in [0.2, 0.25) is 5.88 Å². The SMILES string of the molecule is COc1ncc(-c2cc(N3CC(C(C)(C)F)C3)c3nccn3n2)c(OC)n1. The number of methoxy groups -OCH3 is 2. The first-order chi connectivity index (χ1) is 12.9. The van der Waals surface area contributed by atoms with Crippen LogP contribution in [0.2, 0.25) is 0 Å². The number of hydrogen-bond donors (Lipinski definition) is 0. The van der Waals surface area contributed by atoms with Crippen LogP contribution in [-0.2, 0) is 0 Å². The molecule has 27 heavy (non-hydrogen) atoms. The molecule has 0 unspecified atom stereocenters. The average molecular weight is 372 g/mol. The molecule has 1 saturated heterocycles. The lowest BCUT2D eigenvalue weighted by atomic mass is 9.85. The molecule has 1 aliphatic heterocycles. The highest BCUT2D eigenvalue weighted by Crippen LogP contribution is 2.37. The van der Waals surface area contributed by atoms with Crippen molar-refractivity contribution in [1.29, 1.82) is 0 Å². The van der Waals surface area contributed by atoms with Gasteiger partial charge in [0.15, 0.2) is 5.65 Å². The average Bonchev–Trinajstić information content (AvgIpc) is 3.07. The number of ether oxygens (including phenoxy) is 2. The Bertz CT molecular complexity index is 978. The molecule has 3 aromatic rings. The molecule has 0 saturated carbocycles. The minimum Gasteiger partial charge on any atom is -0.480 e. The zero-order valence-electron chi connectivity index (χ0n) is 15.7. The number of imidazole rings is 1. The minimum atomic E-state index is -1.20. The van der Waals surface area contributed by atoms with Gasteiger partial charge in [-0.3, -0.25) is 0 Å². The number of halogens is 1. The van der Waals surface area contributed by atoms with Crippen molar-refractivity contribution in [3.8, 4) is 23.1 Å². The van der Waals surface area contributed by atoms with Gasteiger partial charge in [-0.1, -0.05) is 0 Å². The molecule has 1 fully saturated rings. The van der Waals surface area contributed by atoms with E-state index in [0.29, 0.717) is 30.2 Å². The lowest BCUT2D eigenvalue weighted by molar-refractivity contribution is 0.102. The summed E-state index contributed by atoms with van der Waals surface area (Å²) in [4.78, 5) is 14.9. The molecule has 0 atom stereocenters. The summed E-state index contributed by atoms with van der Waals surface area (Å²) in [5.41, 5.74) is 1.69. The smallest absolute Gasteiger partial charge is 0.319 e. The number of alkyl halides is 1. The summed E-state index contributed by atoms with van der Waals surface area (Å²) in [7, 11) is 3.03. The standard InChI is InChI=1S/C18H21FN6O2/c1-18(2,19)11-9-24(10-11)14-7-13(23-25-6-5-20-15(14)25)12-8-21-17(27-4)22-16(12)26-3/h5-8,11H,9-10H2,1-4H3. The number of nitrogens with zero attached hydrogens (tertiary/aromatic N) is 6. The first-order valence-electron chi connectivity index (χ1n) is 8.64. The molecule has 3 aromatic heterocycles. The summed E-state index contributed by atoms with van der Waals surface area (Å²) in [5, 5.41) is 4.59. The fraction of sp³-hybridized carbons (Fsp3) is 0.444. The summed E-state index contributed by atoms with van der Waals surface area (Å²) in [6, 6.07) is 2.13. The van der Waals surface area contributed by atoms with Crippen LogP contribution in [0.25, 0.3) is 16.9 Å². The van der Waals surface area contributed by atoms with Crippen molar-refractivity contribution in [2.75, 3.05) is 32.2 Å². The monoisotopic (exact) mass is 372 g/mol. The Kier molecular flexibility index (Phi) is 4.09. The Morgan fingerprint density at radius 1 is 1.19 bits per heavy atom. The molecule has 1 aliphatic rings. The van der Waals surface area contributed by atoms with E-state index in [9.17, 15) is 4.39 Å². The largest absolute Gasteiger partial charge is 0.480 e. The second-order valence-electron chi connectivity index (χ2n) is 7.06. The molecule has 4 rings (SSSR count). The molecule has 0 aliphatic carbocycles. The summed E-state index contributed by atoms with van der Waals surface area (Å²) in [5.74, 6) is 0.356. The lowest BCUT2D eigenvalue weighted by Gasteiger charge is -2.45. The third kappa shape index (κ3) is 3.02. The van der Waals surface area contributed by atoms with Crippen LogP contribution in [0.4, 0.5) is 10.1 Å². The first kappa shape index (κ1) is 17.4. The Hall–Kier alpha value is -2.97. The highest BCUT2D eigenvalue weighted by molar-refractivity contribution is 5.76. The number of rotatable bonds is 5. The summed E-state index contributed by atoms with van der Waals surface area (Å²) in [6.45, 7) is 4.51. The van der Waals surface area contributed by atoms with Crippen LogP contribution in [0, 0.1) is 5.92 Å². The summed E-state index contributed by atoms with van der Waals surface area (Å²) in [6.07, 6.45) is 5.08. The minimum absolute atomic E-state index is 0.0111. The maximum absolute atomic E-state index is 14.2. The Morgan fingerprint density at radius 2 is 1.96 bits per heavy atom. The molecular formula is C18H21FN6O2. The number of fused-ring (bicyclic) bond motifs is 1. The van der Waals surface area contributed by atoms with Crippen molar-refractivity contribution in [2.24, 2.45) is 5.92 Å². The third-order valence-corrected chi connectivity index (χ3v) is 4.92. The molecule has 142 valence electrons. The quantitative estimate of drug-likeness (QED) is 0.680. The summed E-state index contributed by atoms with van der Waals surface area (Å²) >= 11 is 0. The second-order valence-corrected chi connectivity index (χ2v) is 7.06. The fourth-order valence-corrected chi connectivity index (χ4v) is 3.15. The van der Waals surface area contributed by atoms with Gasteiger partial charge < -0.3 is 14.4 Å². The third-order valence-electron chi connectivity index (χ3n) is 4.92. The van der Waals surface area contributed by atoms with Crippen LogP contribution in [0.3, 0.4) is 0 Å². The van der Waals surface area contributed by atoms with E-state index in [4.69, 9.17) is 9.47 Å². The van der Waals surface area contributed by atoms with Gasteiger partial charge in [0.05, 0.1) is 25.5 Å². The van der Waals surface area contributed by atoms with E-state index in [1.54, 1.807) is 37.0 Å². The van der Waals surface area contributed by atoms with Crippen LogP contribution in [0.1, 0.15) is 13.8 Å². The highest BCUT2D eigenvalue weighted by Gasteiger charge is 2.40. The molecule has 9 heteroatoms. The van der Waals surface area contributed by atoms with Gasteiger partial charge in [-0.15, -0.1) is 0 Å². The van der Waals surface area contributed by atoms with E-state index in [-0.39, 0.29) is 11.9 Å². The Morgan fingerprint density at radius 3 is 2.63 bits per heavy atom. The van der Waals surface area contributed by atoms with Crippen molar-refractivity contribution < 1.29 is 13.9 Å². The zero-order chi connectivity index (χ0) is 19.2. The first-order valence-corrected chi connectivity index (χ1v) is 8.64. The second kappa shape index (κ2) is 6.33. The molecule has 0 N–H and O–H groups in total. The van der Waals surface area contributed by atoms with Gasteiger partial charge in [-0.2, -0.15) is 10.1 Å². The maximum atomic E-state index is 14.2. The van der Waals surface area contributed by atoms with E-state index in [2.05, 4.69) is 25.0 Å². The normalized spacial score (nSPS) is 15.1. The molecule has 0 aromatic carbocycles. The van der Waals surface area contributed by atoms with Crippen LogP contribution < -0.4 is 14.4 Å². The van der Waals surface area contributed by atoms with Crippen LogP contribution >= 0.6 is 0 Å². The van der Waals surface area contributed by atoms with Crippen molar-refractivity contribution in [3.63, 3.8) is 0 Å². The highest BCUT2D eigenvalue weighted by atomic mass is 19.1. The van der Waals surface area contributed by atoms with Gasteiger partial charge in [-0.25, -0.2) is 18.9 Å². The van der Waals surface area contributed by atoms with E-state index in [1.165, 1.54) is 14.2 Å². The fourth-order valence-electron chi connectivity index (χ4n) is 3.15. The molecule has 0 bridgehead atoms. The number of anilines is 1. The van der Waals surface area contributed by atoms with E-state index >= 15 is 0 Å². The molecule has 8 nitrogen and oxygen atoms in total. The zero-order valence-corrected chi connectivity index (χ0v) is 15.7. The predicted octanol–water partition coefficient (Wildman–Crippen LogP) is 2.39. The Labute approximate surface area is 156 Å². The van der Waals surface area contributed by atoms with Crippen molar-refractivity contribution in [3.05, 3.63) is 24.7 Å².